The molecule has 1 amide bonds. The van der Waals surface area contributed by atoms with Gasteiger partial charge >= 0.3 is 0 Å². The number of amides is 1. The van der Waals surface area contributed by atoms with Crippen molar-refractivity contribution in [3.05, 3.63) is 0 Å². The molecule has 0 bridgehead atoms. The van der Waals surface area contributed by atoms with Gasteiger partial charge in [0.25, 0.3) is 0 Å². The Morgan fingerprint density at radius 3 is 2.38 bits per heavy atom. The Balaban J connectivity index is 2.74. The summed E-state index contributed by atoms with van der Waals surface area (Å²) < 4.78 is 0. The van der Waals surface area contributed by atoms with E-state index in [2.05, 4.69) is 10.6 Å². The van der Waals surface area contributed by atoms with Gasteiger partial charge in [-0.05, 0) is 6.92 Å². The lowest BCUT2D eigenvalue weighted by Gasteiger charge is -2.40. The smallest absolute Gasteiger partial charge is 0.239 e. The average molecular weight is 234 g/mol. The lowest BCUT2D eigenvalue weighted by molar-refractivity contribution is -0.145. The van der Waals surface area contributed by atoms with Gasteiger partial charge in [-0.2, -0.15) is 0 Å². The lowest BCUT2D eigenvalue weighted by atomic mass is 9.90. The van der Waals surface area contributed by atoms with Gasteiger partial charge in [0.15, 0.2) is 0 Å². The first-order valence-corrected chi connectivity index (χ1v) is 5.21. The van der Waals surface area contributed by atoms with Crippen molar-refractivity contribution in [1.82, 2.24) is 10.6 Å². The number of carbonyl (C=O) groups excluding carboxylic acids is 1. The SMILES string of the molecule is CCNC(=O)C1NC(CO)C(O)C(O)C1O. The summed E-state index contributed by atoms with van der Waals surface area (Å²) in [6.07, 6.45) is -4.15. The fourth-order valence-electron chi connectivity index (χ4n) is 1.74. The van der Waals surface area contributed by atoms with Crippen LogP contribution >= 0.6 is 0 Å². The topological polar surface area (TPSA) is 122 Å². The number of rotatable bonds is 3. The van der Waals surface area contributed by atoms with Crippen LogP contribution in [0, 0.1) is 0 Å². The van der Waals surface area contributed by atoms with E-state index >= 15 is 0 Å². The van der Waals surface area contributed by atoms with Crippen molar-refractivity contribution in [2.75, 3.05) is 13.2 Å². The molecule has 0 spiro atoms. The zero-order valence-electron chi connectivity index (χ0n) is 9.00. The number of aliphatic hydroxyl groups is 4. The van der Waals surface area contributed by atoms with E-state index in [0.29, 0.717) is 6.54 Å². The molecule has 16 heavy (non-hydrogen) atoms. The molecular weight excluding hydrogens is 216 g/mol. The minimum atomic E-state index is -1.45. The highest BCUT2D eigenvalue weighted by Crippen LogP contribution is 2.15. The molecule has 7 nitrogen and oxygen atoms in total. The van der Waals surface area contributed by atoms with Gasteiger partial charge in [0.1, 0.15) is 24.4 Å². The van der Waals surface area contributed by atoms with Crippen molar-refractivity contribution in [3.8, 4) is 0 Å². The van der Waals surface area contributed by atoms with Crippen LogP contribution in [0.5, 0.6) is 0 Å². The van der Waals surface area contributed by atoms with Crippen molar-refractivity contribution in [2.45, 2.75) is 37.3 Å². The van der Waals surface area contributed by atoms with E-state index in [1.807, 2.05) is 0 Å². The Bertz CT molecular complexity index is 248. The van der Waals surface area contributed by atoms with Crippen molar-refractivity contribution < 1.29 is 25.2 Å². The molecule has 5 atom stereocenters. The first-order valence-electron chi connectivity index (χ1n) is 5.21. The van der Waals surface area contributed by atoms with Crippen molar-refractivity contribution >= 4 is 5.91 Å². The summed E-state index contributed by atoms with van der Waals surface area (Å²) in [5, 5.41) is 42.6. The van der Waals surface area contributed by atoms with Gasteiger partial charge < -0.3 is 25.7 Å². The summed E-state index contributed by atoms with van der Waals surface area (Å²) in [6.45, 7) is 1.69. The fourth-order valence-corrected chi connectivity index (χ4v) is 1.74. The van der Waals surface area contributed by atoms with Gasteiger partial charge in [-0.1, -0.05) is 0 Å². The van der Waals surface area contributed by atoms with E-state index in [-0.39, 0.29) is 0 Å². The summed E-state index contributed by atoms with van der Waals surface area (Å²) >= 11 is 0. The number of hydrogen-bond donors (Lipinski definition) is 6. The van der Waals surface area contributed by atoms with Gasteiger partial charge in [-0.15, -0.1) is 0 Å². The Kier molecular flexibility index (Phi) is 4.63. The molecule has 1 aliphatic rings. The molecule has 1 fully saturated rings. The second-order valence-corrected chi connectivity index (χ2v) is 3.80. The quantitative estimate of drug-likeness (QED) is 0.302. The normalized spacial score (nSPS) is 39.4. The maximum Gasteiger partial charge on any atom is 0.239 e. The van der Waals surface area contributed by atoms with E-state index in [4.69, 9.17) is 5.11 Å². The van der Waals surface area contributed by atoms with Gasteiger partial charge in [-0.3, -0.25) is 10.1 Å². The molecule has 1 heterocycles. The number of aliphatic hydroxyl groups excluding tert-OH is 4. The summed E-state index contributed by atoms with van der Waals surface area (Å²) in [4.78, 5) is 11.5. The Morgan fingerprint density at radius 1 is 1.25 bits per heavy atom. The van der Waals surface area contributed by atoms with Crippen LogP contribution in [0.25, 0.3) is 0 Å². The molecule has 1 saturated heterocycles. The molecule has 0 saturated carbocycles. The highest BCUT2D eigenvalue weighted by Gasteiger charge is 2.44. The summed E-state index contributed by atoms with van der Waals surface area (Å²) in [5.74, 6) is -0.473. The molecular formula is C9H18N2O5. The molecule has 0 radical (unpaired) electrons. The predicted octanol–water partition coefficient (Wildman–Crippen LogP) is -3.46. The summed E-state index contributed by atoms with van der Waals surface area (Å²) in [7, 11) is 0. The molecule has 1 rings (SSSR count). The first-order chi connectivity index (χ1) is 7.52. The number of piperidine rings is 1. The van der Waals surface area contributed by atoms with Gasteiger partial charge in [-0.25, -0.2) is 0 Å². The van der Waals surface area contributed by atoms with Crippen LogP contribution in [0.15, 0.2) is 0 Å². The maximum absolute atomic E-state index is 11.5. The Morgan fingerprint density at radius 2 is 1.88 bits per heavy atom. The molecule has 94 valence electrons. The molecule has 5 unspecified atom stereocenters. The molecule has 6 N–H and O–H groups in total. The first kappa shape index (κ1) is 13.3. The minimum absolute atomic E-state index is 0.395. The molecule has 7 heteroatoms. The predicted molar refractivity (Wildman–Crippen MR) is 54.5 cm³/mol. The van der Waals surface area contributed by atoms with Gasteiger partial charge in [0, 0.05) is 6.54 Å². The second-order valence-electron chi connectivity index (χ2n) is 3.80. The molecule has 0 aromatic rings. The van der Waals surface area contributed by atoms with Gasteiger partial charge in [0.2, 0.25) is 5.91 Å². The van der Waals surface area contributed by atoms with E-state index in [1.54, 1.807) is 6.92 Å². The molecule has 0 aromatic heterocycles. The Labute approximate surface area is 93.1 Å². The van der Waals surface area contributed by atoms with Crippen molar-refractivity contribution in [3.63, 3.8) is 0 Å². The largest absolute Gasteiger partial charge is 0.395 e. The van der Waals surface area contributed by atoms with E-state index in [0.717, 1.165) is 0 Å². The number of carbonyl (C=O) groups is 1. The zero-order valence-corrected chi connectivity index (χ0v) is 9.00. The summed E-state index contributed by atoms with van der Waals surface area (Å²) in [5.41, 5.74) is 0. The zero-order chi connectivity index (χ0) is 12.3. The fraction of sp³-hybridized carbons (Fsp3) is 0.889. The molecule has 1 aliphatic heterocycles. The van der Waals surface area contributed by atoms with Crippen LogP contribution in [0.3, 0.4) is 0 Å². The average Bonchev–Trinajstić information content (AvgIpc) is 2.27. The summed E-state index contributed by atoms with van der Waals surface area (Å²) in [6, 6.07) is -1.86. The second kappa shape index (κ2) is 5.55. The lowest BCUT2D eigenvalue weighted by Crippen LogP contribution is -2.69. The molecule has 0 aliphatic carbocycles. The van der Waals surface area contributed by atoms with Crippen LogP contribution in [-0.4, -0.2) is 69.9 Å². The monoisotopic (exact) mass is 234 g/mol. The number of nitrogens with one attached hydrogen (secondary N) is 2. The minimum Gasteiger partial charge on any atom is -0.395 e. The van der Waals surface area contributed by atoms with Gasteiger partial charge in [0.05, 0.1) is 12.6 Å². The van der Waals surface area contributed by atoms with E-state index < -0.39 is 42.9 Å². The Hall–Kier alpha value is -0.730. The number of likely N-dealkylation sites (N-methyl/N-ethyl adjacent to an activating group) is 1. The van der Waals surface area contributed by atoms with Crippen molar-refractivity contribution in [2.24, 2.45) is 0 Å². The van der Waals surface area contributed by atoms with E-state index in [9.17, 15) is 20.1 Å². The van der Waals surface area contributed by atoms with Crippen LogP contribution < -0.4 is 10.6 Å². The third-order valence-corrected chi connectivity index (χ3v) is 2.68. The van der Waals surface area contributed by atoms with E-state index in [1.165, 1.54) is 0 Å². The highest BCUT2D eigenvalue weighted by molar-refractivity contribution is 5.82. The van der Waals surface area contributed by atoms with Crippen molar-refractivity contribution in [1.29, 1.82) is 0 Å². The van der Waals surface area contributed by atoms with Crippen LogP contribution in [-0.2, 0) is 4.79 Å². The third-order valence-electron chi connectivity index (χ3n) is 2.68. The van der Waals surface area contributed by atoms with Crippen LogP contribution in [0.2, 0.25) is 0 Å². The van der Waals surface area contributed by atoms with Crippen LogP contribution in [0.4, 0.5) is 0 Å². The highest BCUT2D eigenvalue weighted by atomic mass is 16.4. The molecule has 0 aromatic carbocycles. The maximum atomic E-state index is 11.5. The standard InChI is InChI=1S/C9H18N2O5/c1-2-10-9(16)5-7(14)8(15)6(13)4(3-12)11-5/h4-8,11-15H,2-3H2,1H3,(H,10,16). The number of hydrogen-bond acceptors (Lipinski definition) is 6. The van der Waals surface area contributed by atoms with Crippen LogP contribution in [0.1, 0.15) is 6.92 Å². The third kappa shape index (κ3) is 2.50.